The number of hydrogen-bond donors (Lipinski definition) is 0. The van der Waals surface area contributed by atoms with Gasteiger partial charge in [-0.1, -0.05) is 24.3 Å². The molecule has 0 radical (unpaired) electrons. The Kier molecular flexibility index (Phi) is 4.02. The van der Waals surface area contributed by atoms with Gasteiger partial charge in [0, 0.05) is 17.8 Å². The van der Waals surface area contributed by atoms with Crippen LogP contribution in [-0.2, 0) is 0 Å². The summed E-state index contributed by atoms with van der Waals surface area (Å²) < 4.78 is 0. The van der Waals surface area contributed by atoms with Crippen molar-refractivity contribution >= 4 is 0 Å². The summed E-state index contributed by atoms with van der Waals surface area (Å²) in [6.07, 6.45) is 4.49. The van der Waals surface area contributed by atoms with Crippen molar-refractivity contribution in [3.05, 3.63) is 47.4 Å². The second-order valence-electron chi connectivity index (χ2n) is 5.99. The summed E-state index contributed by atoms with van der Waals surface area (Å²) in [6, 6.07) is 9.34. The molecule has 2 aromatic rings. The van der Waals surface area contributed by atoms with Gasteiger partial charge in [-0.15, -0.1) is 0 Å². The van der Waals surface area contributed by atoms with E-state index in [4.69, 9.17) is 0 Å². The Morgan fingerprint density at radius 2 is 1.71 bits per heavy atom. The highest BCUT2D eigenvalue weighted by molar-refractivity contribution is 5.61. The van der Waals surface area contributed by atoms with Crippen LogP contribution in [0.1, 0.15) is 42.8 Å². The van der Waals surface area contributed by atoms with E-state index < -0.39 is 0 Å². The molecule has 0 bridgehead atoms. The average molecular weight is 281 g/mol. The highest BCUT2D eigenvalue weighted by atomic mass is 15.2. The van der Waals surface area contributed by atoms with Crippen LogP contribution in [0, 0.1) is 13.8 Å². The number of aromatic nitrogens is 2. The lowest BCUT2D eigenvalue weighted by molar-refractivity contribution is 0.263. The molecule has 2 heterocycles. The molecule has 1 aliphatic rings. The standard InChI is InChI=1S/C18H23N3/c1-13-12-19-14(2)18(20-13)17-8-6-16(7-9-17)15(3)21-10-4-5-11-21/h6-9,12,15H,4-5,10-11H2,1-3H3. The van der Waals surface area contributed by atoms with Crippen LogP contribution in [-0.4, -0.2) is 28.0 Å². The summed E-state index contributed by atoms with van der Waals surface area (Å²) in [4.78, 5) is 11.6. The fraction of sp³-hybridized carbons (Fsp3) is 0.444. The third-order valence-electron chi connectivity index (χ3n) is 4.43. The predicted molar refractivity (Wildman–Crippen MR) is 86.2 cm³/mol. The molecule has 1 aliphatic heterocycles. The Bertz CT molecular complexity index is 613. The minimum absolute atomic E-state index is 0.506. The molecule has 0 spiro atoms. The number of aryl methyl sites for hydroxylation is 2. The Morgan fingerprint density at radius 1 is 1.05 bits per heavy atom. The van der Waals surface area contributed by atoms with E-state index in [0.717, 1.165) is 22.6 Å². The van der Waals surface area contributed by atoms with Crippen molar-refractivity contribution < 1.29 is 0 Å². The summed E-state index contributed by atoms with van der Waals surface area (Å²) in [7, 11) is 0. The van der Waals surface area contributed by atoms with E-state index >= 15 is 0 Å². The maximum atomic E-state index is 4.62. The molecule has 3 nitrogen and oxygen atoms in total. The molecule has 1 aromatic heterocycles. The second-order valence-corrected chi connectivity index (χ2v) is 5.99. The van der Waals surface area contributed by atoms with Crippen LogP contribution in [0.5, 0.6) is 0 Å². The molecule has 0 saturated carbocycles. The molecule has 0 amide bonds. The smallest absolute Gasteiger partial charge is 0.0917 e. The number of hydrogen-bond acceptors (Lipinski definition) is 3. The zero-order valence-corrected chi connectivity index (χ0v) is 13.1. The molecule has 1 fully saturated rings. The van der Waals surface area contributed by atoms with Crippen LogP contribution < -0.4 is 0 Å². The fourth-order valence-electron chi connectivity index (χ4n) is 3.07. The van der Waals surface area contributed by atoms with Crippen molar-refractivity contribution in [1.29, 1.82) is 0 Å². The molecular formula is C18H23N3. The second kappa shape index (κ2) is 5.94. The van der Waals surface area contributed by atoms with E-state index in [9.17, 15) is 0 Å². The maximum absolute atomic E-state index is 4.62. The van der Waals surface area contributed by atoms with E-state index in [2.05, 4.69) is 46.1 Å². The van der Waals surface area contributed by atoms with Gasteiger partial charge < -0.3 is 0 Å². The Balaban J connectivity index is 1.85. The number of likely N-dealkylation sites (tertiary alicyclic amines) is 1. The molecule has 110 valence electrons. The van der Waals surface area contributed by atoms with E-state index in [0.29, 0.717) is 6.04 Å². The topological polar surface area (TPSA) is 29.0 Å². The summed E-state index contributed by atoms with van der Waals surface area (Å²) in [5.41, 5.74) is 5.49. The molecule has 0 aliphatic carbocycles. The lowest BCUT2D eigenvalue weighted by atomic mass is 10.0. The molecule has 1 atom stereocenters. The first-order valence-corrected chi connectivity index (χ1v) is 7.80. The summed E-state index contributed by atoms with van der Waals surface area (Å²) in [5, 5.41) is 0. The molecule has 1 unspecified atom stereocenters. The molecule has 1 aromatic carbocycles. The largest absolute Gasteiger partial charge is 0.297 e. The van der Waals surface area contributed by atoms with Gasteiger partial charge in [-0.2, -0.15) is 0 Å². The van der Waals surface area contributed by atoms with Crippen LogP contribution in [0.3, 0.4) is 0 Å². The van der Waals surface area contributed by atoms with Gasteiger partial charge in [-0.25, -0.2) is 4.98 Å². The first-order valence-electron chi connectivity index (χ1n) is 7.80. The highest BCUT2D eigenvalue weighted by Crippen LogP contribution is 2.27. The monoisotopic (exact) mass is 281 g/mol. The van der Waals surface area contributed by atoms with E-state index in [1.54, 1.807) is 0 Å². The van der Waals surface area contributed by atoms with Gasteiger partial charge in [0.05, 0.1) is 17.1 Å². The SMILES string of the molecule is Cc1cnc(C)c(-c2ccc(C(C)N3CCCC3)cc2)n1. The van der Waals surface area contributed by atoms with Crippen LogP contribution in [0.4, 0.5) is 0 Å². The van der Waals surface area contributed by atoms with Crippen LogP contribution in [0.15, 0.2) is 30.5 Å². The van der Waals surface area contributed by atoms with Crippen LogP contribution in [0.25, 0.3) is 11.3 Å². The van der Waals surface area contributed by atoms with Crippen LogP contribution in [0.2, 0.25) is 0 Å². The highest BCUT2D eigenvalue weighted by Gasteiger charge is 2.19. The third-order valence-corrected chi connectivity index (χ3v) is 4.43. The molecule has 0 N–H and O–H groups in total. The lowest BCUT2D eigenvalue weighted by Crippen LogP contribution is -2.23. The zero-order valence-electron chi connectivity index (χ0n) is 13.1. The molecule has 21 heavy (non-hydrogen) atoms. The quantitative estimate of drug-likeness (QED) is 0.854. The average Bonchev–Trinajstić information content (AvgIpc) is 3.03. The van der Waals surface area contributed by atoms with E-state index in [1.165, 1.54) is 31.5 Å². The van der Waals surface area contributed by atoms with Crippen molar-refractivity contribution in [2.24, 2.45) is 0 Å². The normalized spacial score (nSPS) is 17.1. The molecule has 3 heteroatoms. The van der Waals surface area contributed by atoms with Gasteiger partial charge in [0.1, 0.15) is 0 Å². The fourth-order valence-corrected chi connectivity index (χ4v) is 3.07. The third kappa shape index (κ3) is 2.98. The number of nitrogens with zero attached hydrogens (tertiary/aromatic N) is 3. The predicted octanol–water partition coefficient (Wildman–Crippen LogP) is 3.92. The van der Waals surface area contributed by atoms with Crippen LogP contribution >= 0.6 is 0 Å². The van der Waals surface area contributed by atoms with E-state index in [-0.39, 0.29) is 0 Å². The maximum Gasteiger partial charge on any atom is 0.0917 e. The molecular weight excluding hydrogens is 258 g/mol. The molecule has 1 saturated heterocycles. The van der Waals surface area contributed by atoms with Crippen molar-refractivity contribution in [2.45, 2.75) is 39.7 Å². The van der Waals surface area contributed by atoms with Crippen molar-refractivity contribution in [2.75, 3.05) is 13.1 Å². The van der Waals surface area contributed by atoms with Gasteiger partial charge in [0.15, 0.2) is 0 Å². The first-order chi connectivity index (χ1) is 10.1. The van der Waals surface area contributed by atoms with Gasteiger partial charge in [0.25, 0.3) is 0 Å². The van der Waals surface area contributed by atoms with E-state index in [1.807, 2.05) is 20.0 Å². The zero-order chi connectivity index (χ0) is 14.8. The van der Waals surface area contributed by atoms with Gasteiger partial charge in [0.2, 0.25) is 0 Å². The Labute approximate surface area is 127 Å². The number of benzene rings is 1. The summed E-state index contributed by atoms with van der Waals surface area (Å²) in [6.45, 7) is 8.76. The minimum atomic E-state index is 0.506. The van der Waals surface area contributed by atoms with Crippen molar-refractivity contribution in [1.82, 2.24) is 14.9 Å². The minimum Gasteiger partial charge on any atom is -0.297 e. The summed E-state index contributed by atoms with van der Waals surface area (Å²) >= 11 is 0. The lowest BCUT2D eigenvalue weighted by Gasteiger charge is -2.24. The van der Waals surface area contributed by atoms with Crippen molar-refractivity contribution in [3.63, 3.8) is 0 Å². The van der Waals surface area contributed by atoms with Crippen molar-refractivity contribution in [3.8, 4) is 11.3 Å². The molecule has 3 rings (SSSR count). The Morgan fingerprint density at radius 3 is 2.38 bits per heavy atom. The van der Waals surface area contributed by atoms with Gasteiger partial charge in [-0.05, 0) is 52.3 Å². The number of rotatable bonds is 3. The summed E-state index contributed by atoms with van der Waals surface area (Å²) in [5.74, 6) is 0. The van der Waals surface area contributed by atoms with Gasteiger partial charge >= 0.3 is 0 Å². The Hall–Kier alpha value is -1.74. The van der Waals surface area contributed by atoms with Gasteiger partial charge in [-0.3, -0.25) is 9.88 Å². The first kappa shape index (κ1) is 14.2.